The number of halogens is 2. The zero-order valence-corrected chi connectivity index (χ0v) is 13.1. The van der Waals surface area contributed by atoms with Gasteiger partial charge < -0.3 is 5.73 Å². The molecule has 2 aromatic rings. The minimum Gasteiger partial charge on any atom is -0.328 e. The highest BCUT2D eigenvalue weighted by Gasteiger charge is 2.04. The molecule has 1 aromatic carbocycles. The lowest BCUT2D eigenvalue weighted by Crippen LogP contribution is -2.18. The first-order valence-corrected chi connectivity index (χ1v) is 6.82. The molecule has 4 nitrogen and oxygen atoms in total. The molecule has 1 heterocycles. The van der Waals surface area contributed by atoms with Gasteiger partial charge in [0.15, 0.2) is 0 Å². The maximum Gasteiger partial charge on any atom is 0.266 e. The van der Waals surface area contributed by atoms with Gasteiger partial charge in [0.1, 0.15) is 0 Å². The summed E-state index contributed by atoms with van der Waals surface area (Å²) in [4.78, 5) is 11.2. The Morgan fingerprint density at radius 1 is 1.15 bits per heavy atom. The van der Waals surface area contributed by atoms with Gasteiger partial charge in [0.05, 0.1) is 15.7 Å². The fraction of sp³-hybridized carbons (Fsp3) is 0.286. The summed E-state index contributed by atoms with van der Waals surface area (Å²) < 4.78 is 1.28. The predicted molar refractivity (Wildman–Crippen MR) is 84.3 cm³/mol. The van der Waals surface area contributed by atoms with E-state index in [1.165, 1.54) is 10.7 Å². The van der Waals surface area contributed by atoms with Crippen molar-refractivity contribution >= 4 is 23.2 Å². The summed E-state index contributed by atoms with van der Waals surface area (Å²) in [7, 11) is 1.60. The second kappa shape index (κ2) is 7.43. The fourth-order valence-corrected chi connectivity index (χ4v) is 1.61. The number of aromatic nitrogens is 2. The standard InChI is InChI=1S/C11H8Cl2N2O.C3H9N/c1-15-11(16)5-4-10(14-15)7-2-3-8(12)9(13)6-7;1-3(2)4/h2-6H,1H3;3H,4H2,1-2H3. The monoisotopic (exact) mass is 313 g/mol. The molecule has 0 atom stereocenters. The third kappa shape index (κ3) is 4.96. The van der Waals surface area contributed by atoms with Gasteiger partial charge in [-0.05, 0) is 24.2 Å². The normalized spacial score (nSPS) is 10.2. The Hall–Kier alpha value is -1.36. The van der Waals surface area contributed by atoms with Gasteiger partial charge in [-0.25, -0.2) is 4.68 Å². The minimum absolute atomic E-state index is 0.149. The molecule has 0 bridgehead atoms. The van der Waals surface area contributed by atoms with Crippen molar-refractivity contribution in [2.24, 2.45) is 12.8 Å². The number of hydrogen-bond acceptors (Lipinski definition) is 3. The molecule has 0 saturated heterocycles. The highest BCUT2D eigenvalue weighted by molar-refractivity contribution is 6.42. The topological polar surface area (TPSA) is 60.9 Å². The maximum absolute atomic E-state index is 11.2. The lowest BCUT2D eigenvalue weighted by atomic mass is 10.1. The number of rotatable bonds is 1. The van der Waals surface area contributed by atoms with Gasteiger partial charge in [0.2, 0.25) is 0 Å². The van der Waals surface area contributed by atoms with E-state index in [4.69, 9.17) is 28.9 Å². The van der Waals surface area contributed by atoms with Crippen LogP contribution in [0.2, 0.25) is 10.0 Å². The number of aryl methyl sites for hydroxylation is 1. The molecule has 6 heteroatoms. The van der Waals surface area contributed by atoms with Crippen molar-refractivity contribution in [3.8, 4) is 11.3 Å². The van der Waals surface area contributed by atoms with E-state index >= 15 is 0 Å². The van der Waals surface area contributed by atoms with Crippen LogP contribution in [0.4, 0.5) is 0 Å². The first-order chi connectivity index (χ1) is 9.31. The molecule has 0 fully saturated rings. The Bertz CT molecular complexity index is 636. The molecule has 0 aliphatic rings. The molecule has 0 aliphatic heterocycles. The molecule has 0 amide bonds. The van der Waals surface area contributed by atoms with E-state index in [1.54, 1.807) is 31.3 Å². The van der Waals surface area contributed by atoms with Crippen LogP contribution >= 0.6 is 23.2 Å². The first kappa shape index (κ1) is 16.7. The van der Waals surface area contributed by atoms with Gasteiger partial charge in [-0.15, -0.1) is 0 Å². The number of nitrogens with two attached hydrogens (primary N) is 1. The molecule has 0 saturated carbocycles. The van der Waals surface area contributed by atoms with Gasteiger partial charge in [-0.1, -0.05) is 43.1 Å². The first-order valence-electron chi connectivity index (χ1n) is 6.06. The van der Waals surface area contributed by atoms with Crippen molar-refractivity contribution in [2.75, 3.05) is 0 Å². The third-order valence-electron chi connectivity index (χ3n) is 2.18. The van der Waals surface area contributed by atoms with Gasteiger partial charge in [0, 0.05) is 18.7 Å². The maximum atomic E-state index is 11.2. The molecule has 0 aliphatic carbocycles. The van der Waals surface area contributed by atoms with Crippen molar-refractivity contribution in [1.29, 1.82) is 0 Å². The van der Waals surface area contributed by atoms with Crippen LogP contribution in [0.1, 0.15) is 13.8 Å². The van der Waals surface area contributed by atoms with E-state index in [-0.39, 0.29) is 5.56 Å². The number of nitrogens with zero attached hydrogens (tertiary/aromatic N) is 2. The van der Waals surface area contributed by atoms with Crippen LogP contribution in [0.5, 0.6) is 0 Å². The van der Waals surface area contributed by atoms with Crippen LogP contribution in [0.15, 0.2) is 35.1 Å². The highest BCUT2D eigenvalue weighted by atomic mass is 35.5. The largest absolute Gasteiger partial charge is 0.328 e. The molecule has 2 N–H and O–H groups in total. The van der Waals surface area contributed by atoms with Crippen LogP contribution in [0, 0.1) is 0 Å². The Morgan fingerprint density at radius 2 is 1.75 bits per heavy atom. The molecule has 0 spiro atoms. The summed E-state index contributed by atoms with van der Waals surface area (Å²) in [5.74, 6) is 0. The molecule has 1 aromatic heterocycles. The average molecular weight is 314 g/mol. The quantitative estimate of drug-likeness (QED) is 0.880. The van der Waals surface area contributed by atoms with Crippen LogP contribution in [0.3, 0.4) is 0 Å². The van der Waals surface area contributed by atoms with Gasteiger partial charge in [-0.2, -0.15) is 5.10 Å². The molecule has 0 radical (unpaired) electrons. The van der Waals surface area contributed by atoms with Crippen LogP contribution < -0.4 is 11.3 Å². The Kier molecular flexibility index (Phi) is 6.20. The minimum atomic E-state index is -0.149. The van der Waals surface area contributed by atoms with E-state index in [2.05, 4.69) is 5.10 Å². The van der Waals surface area contributed by atoms with E-state index in [0.29, 0.717) is 21.8 Å². The zero-order chi connectivity index (χ0) is 15.3. The molecule has 108 valence electrons. The molecule has 0 unspecified atom stereocenters. The Balaban J connectivity index is 0.000000444. The summed E-state index contributed by atoms with van der Waals surface area (Å²) in [5, 5.41) is 5.08. The van der Waals surface area contributed by atoms with Crippen LogP contribution in [-0.4, -0.2) is 15.8 Å². The van der Waals surface area contributed by atoms with Gasteiger partial charge >= 0.3 is 0 Å². The Morgan fingerprint density at radius 3 is 2.25 bits per heavy atom. The molecule has 2 rings (SSSR count). The van der Waals surface area contributed by atoms with Crippen molar-refractivity contribution in [3.05, 3.63) is 50.7 Å². The van der Waals surface area contributed by atoms with E-state index in [1.807, 2.05) is 13.8 Å². The van der Waals surface area contributed by atoms with E-state index < -0.39 is 0 Å². The van der Waals surface area contributed by atoms with Crippen molar-refractivity contribution in [1.82, 2.24) is 9.78 Å². The third-order valence-corrected chi connectivity index (χ3v) is 2.91. The summed E-state index contributed by atoms with van der Waals surface area (Å²) >= 11 is 11.7. The van der Waals surface area contributed by atoms with E-state index in [9.17, 15) is 4.79 Å². The average Bonchev–Trinajstić information content (AvgIpc) is 2.35. The van der Waals surface area contributed by atoms with E-state index in [0.717, 1.165) is 5.56 Å². The summed E-state index contributed by atoms with van der Waals surface area (Å²) in [5.41, 5.74) is 6.47. The highest BCUT2D eigenvalue weighted by Crippen LogP contribution is 2.26. The Labute approximate surface area is 128 Å². The SMILES string of the molecule is CC(C)N.Cn1nc(-c2ccc(Cl)c(Cl)c2)ccc1=O. The smallest absolute Gasteiger partial charge is 0.266 e. The van der Waals surface area contributed by atoms with Crippen molar-refractivity contribution < 1.29 is 0 Å². The second-order valence-electron chi connectivity index (χ2n) is 4.55. The van der Waals surface area contributed by atoms with Gasteiger partial charge in [-0.3, -0.25) is 4.79 Å². The number of hydrogen-bond donors (Lipinski definition) is 1. The molecule has 20 heavy (non-hydrogen) atoms. The van der Waals surface area contributed by atoms with Crippen LogP contribution in [0.25, 0.3) is 11.3 Å². The summed E-state index contributed by atoms with van der Waals surface area (Å²) in [6, 6.07) is 8.68. The molecular weight excluding hydrogens is 297 g/mol. The number of benzene rings is 1. The van der Waals surface area contributed by atoms with Crippen molar-refractivity contribution in [3.63, 3.8) is 0 Å². The lowest BCUT2D eigenvalue weighted by molar-refractivity contribution is 0.712. The molecular formula is C14H17Cl2N3O. The predicted octanol–water partition coefficient (Wildman–Crippen LogP) is 3.11. The zero-order valence-electron chi connectivity index (χ0n) is 11.6. The van der Waals surface area contributed by atoms with Gasteiger partial charge in [0.25, 0.3) is 5.56 Å². The fourth-order valence-electron chi connectivity index (χ4n) is 1.31. The van der Waals surface area contributed by atoms with Crippen LogP contribution in [-0.2, 0) is 7.05 Å². The van der Waals surface area contributed by atoms with Crippen molar-refractivity contribution in [2.45, 2.75) is 19.9 Å². The second-order valence-corrected chi connectivity index (χ2v) is 5.37. The summed E-state index contributed by atoms with van der Waals surface area (Å²) in [6.07, 6.45) is 0. The summed E-state index contributed by atoms with van der Waals surface area (Å²) in [6.45, 7) is 3.89. The lowest BCUT2D eigenvalue weighted by Gasteiger charge is -2.03.